The molecule has 0 aliphatic carbocycles. The summed E-state index contributed by atoms with van der Waals surface area (Å²) >= 11 is 0. The lowest BCUT2D eigenvalue weighted by Gasteiger charge is -2.23. The Balaban J connectivity index is 1.37. The third-order valence-electron chi connectivity index (χ3n) is 6.55. The van der Waals surface area contributed by atoms with Crippen LogP contribution in [0, 0.1) is 11.8 Å². The number of ether oxygens (including phenoxy) is 3. The summed E-state index contributed by atoms with van der Waals surface area (Å²) in [5.74, 6) is -0.857. The molecule has 9 heteroatoms. The first-order valence-corrected chi connectivity index (χ1v) is 10.9. The number of carbonyl (C=O) groups excluding carboxylic acids is 3. The molecule has 0 aromatic heterocycles. The zero-order valence-electron chi connectivity index (χ0n) is 19.0. The second-order valence-electron chi connectivity index (χ2n) is 8.61. The first-order valence-electron chi connectivity index (χ1n) is 10.9. The van der Waals surface area contributed by atoms with E-state index in [9.17, 15) is 14.4 Å². The predicted molar refractivity (Wildman–Crippen MR) is 125 cm³/mol. The van der Waals surface area contributed by atoms with Gasteiger partial charge in [-0.1, -0.05) is 12.2 Å². The first kappa shape index (κ1) is 22.0. The summed E-state index contributed by atoms with van der Waals surface area (Å²) < 4.78 is 16.8. The molecule has 9 nitrogen and oxygen atoms in total. The van der Waals surface area contributed by atoms with E-state index in [1.807, 2.05) is 12.2 Å². The Morgan fingerprint density at radius 1 is 1.03 bits per heavy atom. The molecule has 3 aliphatic rings. The van der Waals surface area contributed by atoms with Crippen LogP contribution in [0.3, 0.4) is 0 Å². The van der Waals surface area contributed by atoms with Gasteiger partial charge in [0, 0.05) is 30.1 Å². The minimum absolute atomic E-state index is 0.161. The van der Waals surface area contributed by atoms with E-state index in [1.54, 1.807) is 54.5 Å². The van der Waals surface area contributed by atoms with Gasteiger partial charge in [-0.3, -0.25) is 14.4 Å². The fourth-order valence-electron chi connectivity index (χ4n) is 5.08. The summed E-state index contributed by atoms with van der Waals surface area (Å²) in [5, 5.41) is 5.62. The molecular formula is C25H25N3O6. The Kier molecular flexibility index (Phi) is 5.28. The zero-order valence-corrected chi connectivity index (χ0v) is 19.0. The smallest absolute Gasteiger partial charge is 0.234 e. The van der Waals surface area contributed by atoms with Crippen LogP contribution in [0.2, 0.25) is 0 Å². The summed E-state index contributed by atoms with van der Waals surface area (Å²) in [6.45, 7) is 1.76. The molecule has 2 saturated heterocycles. The second kappa shape index (κ2) is 8.18. The number of nitrogens with zero attached hydrogens (tertiary/aromatic N) is 1. The highest BCUT2D eigenvalue weighted by Crippen LogP contribution is 2.53. The molecule has 3 aliphatic heterocycles. The molecule has 2 bridgehead atoms. The van der Waals surface area contributed by atoms with Crippen molar-refractivity contribution in [1.82, 2.24) is 0 Å². The molecular weight excluding hydrogens is 438 g/mol. The molecule has 4 atom stereocenters. The molecule has 34 heavy (non-hydrogen) atoms. The van der Waals surface area contributed by atoms with Gasteiger partial charge >= 0.3 is 0 Å². The van der Waals surface area contributed by atoms with E-state index in [0.717, 1.165) is 0 Å². The van der Waals surface area contributed by atoms with Crippen molar-refractivity contribution in [3.05, 3.63) is 54.6 Å². The molecule has 2 aromatic carbocycles. The number of amides is 3. The zero-order chi connectivity index (χ0) is 24.0. The SMILES string of the molecule is COc1ccc(NC(=O)[C@@H]2[C@@H]3C=C[C@@]4(CN(c5ccc(NC(C)=O)cc5)C(=O)[C@@H]24)O3)cc1OC. The van der Waals surface area contributed by atoms with Crippen LogP contribution in [0.15, 0.2) is 54.6 Å². The number of hydrogen-bond donors (Lipinski definition) is 2. The van der Waals surface area contributed by atoms with E-state index in [1.165, 1.54) is 14.0 Å². The molecule has 5 rings (SSSR count). The van der Waals surface area contributed by atoms with Crippen molar-refractivity contribution in [2.24, 2.45) is 11.8 Å². The van der Waals surface area contributed by atoms with Gasteiger partial charge in [0.25, 0.3) is 0 Å². The van der Waals surface area contributed by atoms with Gasteiger partial charge in [0.1, 0.15) is 5.60 Å². The lowest BCUT2D eigenvalue weighted by atomic mass is 9.77. The molecule has 0 saturated carbocycles. The Bertz CT molecular complexity index is 1190. The predicted octanol–water partition coefficient (Wildman–Crippen LogP) is 2.59. The Hall–Kier alpha value is -3.85. The molecule has 1 spiro atoms. The summed E-state index contributed by atoms with van der Waals surface area (Å²) in [5.41, 5.74) is 1.03. The van der Waals surface area contributed by atoms with E-state index in [-0.39, 0.29) is 17.7 Å². The Morgan fingerprint density at radius 3 is 2.41 bits per heavy atom. The van der Waals surface area contributed by atoms with Gasteiger partial charge in [-0.2, -0.15) is 0 Å². The summed E-state index contributed by atoms with van der Waals surface area (Å²) in [6.07, 6.45) is 3.32. The first-order chi connectivity index (χ1) is 16.3. The number of hydrogen-bond acceptors (Lipinski definition) is 6. The van der Waals surface area contributed by atoms with E-state index in [4.69, 9.17) is 14.2 Å². The van der Waals surface area contributed by atoms with Crippen LogP contribution in [0.1, 0.15) is 6.92 Å². The van der Waals surface area contributed by atoms with Gasteiger partial charge in [0.15, 0.2) is 11.5 Å². The number of carbonyl (C=O) groups is 3. The molecule has 176 valence electrons. The van der Waals surface area contributed by atoms with E-state index >= 15 is 0 Å². The number of rotatable bonds is 6. The highest BCUT2D eigenvalue weighted by Gasteiger charge is 2.67. The van der Waals surface area contributed by atoms with Crippen LogP contribution in [0.25, 0.3) is 0 Å². The van der Waals surface area contributed by atoms with E-state index in [2.05, 4.69) is 10.6 Å². The van der Waals surface area contributed by atoms with Crippen molar-refractivity contribution >= 4 is 34.8 Å². The van der Waals surface area contributed by atoms with Gasteiger partial charge in [-0.15, -0.1) is 0 Å². The van der Waals surface area contributed by atoms with Gasteiger partial charge in [0.05, 0.1) is 38.7 Å². The maximum absolute atomic E-state index is 13.5. The van der Waals surface area contributed by atoms with Crippen molar-refractivity contribution in [2.75, 3.05) is 36.3 Å². The minimum Gasteiger partial charge on any atom is -0.493 e. The van der Waals surface area contributed by atoms with Gasteiger partial charge in [0.2, 0.25) is 17.7 Å². The van der Waals surface area contributed by atoms with Gasteiger partial charge in [-0.25, -0.2) is 0 Å². The Labute approximate surface area is 196 Å². The summed E-state index contributed by atoms with van der Waals surface area (Å²) in [6, 6.07) is 12.1. The number of methoxy groups -OCH3 is 2. The van der Waals surface area contributed by atoms with Crippen LogP contribution < -0.4 is 25.0 Å². The highest BCUT2D eigenvalue weighted by molar-refractivity contribution is 6.05. The van der Waals surface area contributed by atoms with Crippen molar-refractivity contribution < 1.29 is 28.6 Å². The third-order valence-corrected chi connectivity index (χ3v) is 6.55. The van der Waals surface area contributed by atoms with Crippen molar-refractivity contribution in [3.8, 4) is 11.5 Å². The fraction of sp³-hybridized carbons (Fsp3) is 0.320. The average molecular weight is 463 g/mol. The third kappa shape index (κ3) is 3.49. The second-order valence-corrected chi connectivity index (χ2v) is 8.61. The number of nitrogens with one attached hydrogen (secondary N) is 2. The average Bonchev–Trinajstić information content (AvgIpc) is 3.47. The molecule has 2 N–H and O–H groups in total. The fourth-order valence-corrected chi connectivity index (χ4v) is 5.08. The summed E-state index contributed by atoms with van der Waals surface area (Å²) in [4.78, 5) is 39.8. The minimum atomic E-state index is -0.836. The molecule has 2 aromatic rings. The highest BCUT2D eigenvalue weighted by atomic mass is 16.5. The molecule has 2 fully saturated rings. The van der Waals surface area contributed by atoms with Crippen LogP contribution in [0.5, 0.6) is 11.5 Å². The summed E-state index contributed by atoms with van der Waals surface area (Å²) in [7, 11) is 3.07. The van der Waals surface area contributed by atoms with Crippen molar-refractivity contribution in [2.45, 2.75) is 18.6 Å². The van der Waals surface area contributed by atoms with Crippen LogP contribution in [0.4, 0.5) is 17.1 Å². The van der Waals surface area contributed by atoms with Gasteiger partial charge < -0.3 is 29.7 Å². The maximum Gasteiger partial charge on any atom is 0.234 e. The number of fused-ring (bicyclic) bond motifs is 1. The number of benzene rings is 2. The topological polar surface area (TPSA) is 106 Å². The standard InChI is InChI=1S/C25H25N3O6/c1-14(29)26-15-4-7-17(8-5-15)28-13-25-11-10-19(34-25)21(22(25)24(28)31)23(30)27-16-6-9-18(32-2)20(12-16)33-3/h4-12,19,21-22H,13H2,1-3H3,(H,26,29)(H,27,30)/t19-,21+,22+,25-/m0/s1. The van der Waals surface area contributed by atoms with Crippen molar-refractivity contribution in [1.29, 1.82) is 0 Å². The molecule has 0 unspecified atom stereocenters. The lowest BCUT2D eigenvalue weighted by Crippen LogP contribution is -2.41. The molecule has 3 heterocycles. The van der Waals surface area contributed by atoms with E-state index in [0.29, 0.717) is 35.1 Å². The largest absolute Gasteiger partial charge is 0.493 e. The van der Waals surface area contributed by atoms with E-state index < -0.39 is 23.5 Å². The quantitative estimate of drug-likeness (QED) is 0.638. The monoisotopic (exact) mass is 463 g/mol. The maximum atomic E-state index is 13.5. The van der Waals surface area contributed by atoms with Crippen LogP contribution in [-0.4, -0.2) is 50.2 Å². The van der Waals surface area contributed by atoms with Gasteiger partial charge in [-0.05, 0) is 36.4 Å². The van der Waals surface area contributed by atoms with Crippen LogP contribution in [-0.2, 0) is 19.1 Å². The normalized spacial score (nSPS) is 26.4. The lowest BCUT2D eigenvalue weighted by molar-refractivity contribution is -0.128. The van der Waals surface area contributed by atoms with Crippen molar-refractivity contribution in [3.63, 3.8) is 0 Å². The molecule has 0 radical (unpaired) electrons. The van der Waals surface area contributed by atoms with Crippen LogP contribution >= 0.6 is 0 Å². The number of anilines is 3. The molecule has 3 amide bonds. The Morgan fingerprint density at radius 2 is 1.74 bits per heavy atom.